The largest absolute Gasteiger partial charge is 0.254 e. The molecule has 0 aliphatic heterocycles. The number of hydrogen-bond donors (Lipinski definition) is 0. The van der Waals surface area contributed by atoms with Gasteiger partial charge in [-0.3, -0.25) is 9.97 Å². The van der Waals surface area contributed by atoms with Crippen LogP contribution in [0.2, 0.25) is 0 Å². The number of benzene rings is 1. The van der Waals surface area contributed by atoms with E-state index in [0.717, 1.165) is 32.8 Å². The Labute approximate surface area is 103 Å². The molecule has 0 unspecified atom stereocenters. The fourth-order valence-electron chi connectivity index (χ4n) is 2.26. The van der Waals surface area contributed by atoms with E-state index < -0.39 is 0 Å². The second kappa shape index (κ2) is 3.47. The van der Waals surface area contributed by atoms with E-state index in [0.29, 0.717) is 0 Å². The smallest absolute Gasteiger partial charge is 0.0980 e. The van der Waals surface area contributed by atoms with Crippen LogP contribution < -0.4 is 0 Å². The first-order chi connectivity index (χ1) is 8.92. The summed E-state index contributed by atoms with van der Waals surface area (Å²) in [6.45, 7) is 0. The van der Waals surface area contributed by atoms with Crippen molar-refractivity contribution in [2.75, 3.05) is 0 Å². The molecule has 0 atom stereocenters. The summed E-state index contributed by atoms with van der Waals surface area (Å²) in [5, 5.41) is 2.18. The van der Waals surface area contributed by atoms with Crippen LogP contribution in [0.4, 0.5) is 0 Å². The average Bonchev–Trinajstić information content (AvgIpc) is 2.45. The number of rotatable bonds is 0. The summed E-state index contributed by atoms with van der Waals surface area (Å²) in [4.78, 5) is 13.4. The van der Waals surface area contributed by atoms with E-state index in [-0.39, 0.29) is 0 Å². The van der Waals surface area contributed by atoms with Crippen LogP contribution in [0.25, 0.3) is 32.8 Å². The third-order valence-corrected chi connectivity index (χ3v) is 3.12. The van der Waals surface area contributed by atoms with Gasteiger partial charge >= 0.3 is 0 Å². The summed E-state index contributed by atoms with van der Waals surface area (Å²) >= 11 is 0. The zero-order valence-corrected chi connectivity index (χ0v) is 9.54. The van der Waals surface area contributed by atoms with Crippen LogP contribution in [0.1, 0.15) is 0 Å². The number of hydrogen-bond acceptors (Lipinski definition) is 3. The molecule has 0 fully saturated rings. The molecule has 18 heavy (non-hydrogen) atoms. The monoisotopic (exact) mass is 231 g/mol. The lowest BCUT2D eigenvalue weighted by atomic mass is 10.1. The van der Waals surface area contributed by atoms with Gasteiger partial charge in [-0.1, -0.05) is 18.2 Å². The van der Waals surface area contributed by atoms with Crippen molar-refractivity contribution in [1.82, 2.24) is 15.0 Å². The molecule has 0 aliphatic carbocycles. The summed E-state index contributed by atoms with van der Waals surface area (Å²) in [5.74, 6) is 0. The Bertz CT molecular complexity index is 878. The van der Waals surface area contributed by atoms with Gasteiger partial charge < -0.3 is 0 Å². The second-order valence-electron chi connectivity index (χ2n) is 4.24. The predicted octanol–water partition coefficient (Wildman–Crippen LogP) is 3.33. The van der Waals surface area contributed by atoms with E-state index in [2.05, 4.69) is 27.1 Å². The molecule has 3 heterocycles. The first-order valence-corrected chi connectivity index (χ1v) is 5.81. The van der Waals surface area contributed by atoms with Crippen LogP contribution in [-0.4, -0.2) is 15.0 Å². The first kappa shape index (κ1) is 9.48. The van der Waals surface area contributed by atoms with Gasteiger partial charge in [0.25, 0.3) is 0 Å². The van der Waals surface area contributed by atoms with E-state index in [1.165, 1.54) is 0 Å². The van der Waals surface area contributed by atoms with E-state index in [1.54, 1.807) is 6.20 Å². The normalized spacial score (nSPS) is 11.3. The SMILES string of the molecule is c1ccc2nc3cnc4cccnc4c3cc2c1. The highest BCUT2D eigenvalue weighted by atomic mass is 14.8. The third-order valence-electron chi connectivity index (χ3n) is 3.12. The molecule has 4 rings (SSSR count). The molecule has 1 aromatic carbocycles. The molecule has 0 saturated heterocycles. The maximum absolute atomic E-state index is 4.63. The molecule has 0 spiro atoms. The average molecular weight is 231 g/mol. The Kier molecular flexibility index (Phi) is 1.83. The van der Waals surface area contributed by atoms with Crippen LogP contribution in [-0.2, 0) is 0 Å². The molecule has 0 radical (unpaired) electrons. The van der Waals surface area contributed by atoms with E-state index >= 15 is 0 Å². The zero-order valence-electron chi connectivity index (χ0n) is 9.54. The van der Waals surface area contributed by atoms with Gasteiger partial charge in [0, 0.05) is 17.0 Å². The lowest BCUT2D eigenvalue weighted by molar-refractivity contribution is 1.34. The minimum absolute atomic E-state index is 0.889. The van der Waals surface area contributed by atoms with Crippen molar-refractivity contribution in [2.24, 2.45) is 0 Å². The van der Waals surface area contributed by atoms with Crippen molar-refractivity contribution in [3.8, 4) is 0 Å². The van der Waals surface area contributed by atoms with Crippen LogP contribution in [0, 0.1) is 0 Å². The molecular weight excluding hydrogens is 222 g/mol. The van der Waals surface area contributed by atoms with Crippen molar-refractivity contribution >= 4 is 32.8 Å². The maximum atomic E-state index is 4.63. The van der Waals surface area contributed by atoms with E-state index in [9.17, 15) is 0 Å². The van der Waals surface area contributed by atoms with Gasteiger partial charge in [-0.05, 0) is 24.3 Å². The standard InChI is InChI=1S/C15H9N3/c1-2-5-12-10(4-1)8-11-14(18-12)9-17-13-6-3-7-16-15(11)13/h1-9H. The van der Waals surface area contributed by atoms with E-state index in [4.69, 9.17) is 0 Å². The molecule has 0 bridgehead atoms. The number of aromatic nitrogens is 3. The Hall–Kier alpha value is -2.55. The van der Waals surface area contributed by atoms with E-state index in [1.807, 2.05) is 36.5 Å². The van der Waals surface area contributed by atoms with Crippen LogP contribution in [0.5, 0.6) is 0 Å². The van der Waals surface area contributed by atoms with Crippen molar-refractivity contribution < 1.29 is 0 Å². The van der Waals surface area contributed by atoms with Crippen LogP contribution in [0.15, 0.2) is 54.9 Å². The molecule has 3 nitrogen and oxygen atoms in total. The van der Waals surface area contributed by atoms with Gasteiger partial charge in [-0.15, -0.1) is 0 Å². The van der Waals surface area contributed by atoms with Gasteiger partial charge in [0.1, 0.15) is 0 Å². The highest BCUT2D eigenvalue weighted by molar-refractivity contribution is 6.05. The van der Waals surface area contributed by atoms with Gasteiger partial charge in [0.15, 0.2) is 0 Å². The molecule has 0 amide bonds. The summed E-state index contributed by atoms with van der Waals surface area (Å²) in [6.07, 6.45) is 3.60. The molecule has 0 saturated carbocycles. The van der Waals surface area contributed by atoms with Crippen LogP contribution >= 0.6 is 0 Å². The molecule has 84 valence electrons. The number of nitrogens with zero attached hydrogens (tertiary/aromatic N) is 3. The molecule has 0 aliphatic rings. The minimum Gasteiger partial charge on any atom is -0.254 e. The number of fused-ring (bicyclic) bond motifs is 4. The van der Waals surface area contributed by atoms with Crippen molar-refractivity contribution in [3.05, 3.63) is 54.9 Å². The van der Waals surface area contributed by atoms with Gasteiger partial charge in [0.05, 0.1) is 28.3 Å². The van der Waals surface area contributed by atoms with Crippen molar-refractivity contribution in [3.63, 3.8) is 0 Å². The Balaban J connectivity index is 2.27. The summed E-state index contributed by atoms with van der Waals surface area (Å²) in [7, 11) is 0. The topological polar surface area (TPSA) is 38.7 Å². The zero-order chi connectivity index (χ0) is 11.9. The quantitative estimate of drug-likeness (QED) is 0.344. The predicted molar refractivity (Wildman–Crippen MR) is 72.3 cm³/mol. The lowest BCUT2D eigenvalue weighted by Gasteiger charge is -2.03. The van der Waals surface area contributed by atoms with Crippen molar-refractivity contribution in [2.45, 2.75) is 0 Å². The number of pyridine rings is 3. The minimum atomic E-state index is 0.889. The molecule has 0 N–H and O–H groups in total. The summed E-state index contributed by atoms with van der Waals surface area (Å²) in [5.41, 5.74) is 3.69. The highest BCUT2D eigenvalue weighted by Gasteiger charge is 2.05. The van der Waals surface area contributed by atoms with Crippen molar-refractivity contribution in [1.29, 1.82) is 0 Å². The fourth-order valence-corrected chi connectivity index (χ4v) is 2.26. The maximum Gasteiger partial charge on any atom is 0.0980 e. The molecule has 3 aromatic heterocycles. The fraction of sp³-hybridized carbons (Fsp3) is 0. The Morgan fingerprint density at radius 2 is 1.67 bits per heavy atom. The molecule has 4 aromatic rings. The highest BCUT2D eigenvalue weighted by Crippen LogP contribution is 2.24. The summed E-state index contributed by atoms with van der Waals surface area (Å²) in [6, 6.07) is 14.1. The lowest BCUT2D eigenvalue weighted by Crippen LogP contribution is -1.88. The third kappa shape index (κ3) is 1.27. The van der Waals surface area contributed by atoms with Crippen LogP contribution in [0.3, 0.4) is 0 Å². The molecular formula is C15H9N3. The summed E-state index contributed by atoms with van der Waals surface area (Å²) < 4.78 is 0. The van der Waals surface area contributed by atoms with Gasteiger partial charge in [0.2, 0.25) is 0 Å². The van der Waals surface area contributed by atoms with Gasteiger partial charge in [-0.25, -0.2) is 4.98 Å². The first-order valence-electron chi connectivity index (χ1n) is 5.81. The number of para-hydroxylation sites is 1. The van der Waals surface area contributed by atoms with Gasteiger partial charge in [-0.2, -0.15) is 0 Å². The Morgan fingerprint density at radius 3 is 2.67 bits per heavy atom. The molecule has 3 heteroatoms. The second-order valence-corrected chi connectivity index (χ2v) is 4.24. The Morgan fingerprint density at radius 1 is 0.778 bits per heavy atom.